The van der Waals surface area contributed by atoms with E-state index < -0.39 is 5.97 Å². The minimum Gasteiger partial charge on any atom is -0.481 e. The van der Waals surface area contributed by atoms with Crippen molar-refractivity contribution in [1.29, 1.82) is 0 Å². The molecule has 0 radical (unpaired) electrons. The van der Waals surface area contributed by atoms with E-state index in [4.69, 9.17) is 5.11 Å². The zero-order valence-electron chi connectivity index (χ0n) is 10.6. The van der Waals surface area contributed by atoms with Crippen LogP contribution in [0.2, 0.25) is 0 Å². The summed E-state index contributed by atoms with van der Waals surface area (Å²) in [5, 5.41) is 14.7. The fourth-order valence-corrected chi connectivity index (χ4v) is 2.06. The van der Waals surface area contributed by atoms with E-state index in [2.05, 4.69) is 10.6 Å². The van der Waals surface area contributed by atoms with E-state index in [-0.39, 0.29) is 23.8 Å². The number of hydrogen-bond acceptors (Lipinski definition) is 3. The van der Waals surface area contributed by atoms with Crippen molar-refractivity contribution in [3.63, 3.8) is 0 Å². The van der Waals surface area contributed by atoms with E-state index in [1.165, 1.54) is 0 Å². The largest absolute Gasteiger partial charge is 0.481 e. The van der Waals surface area contributed by atoms with E-state index in [1.54, 1.807) is 0 Å². The lowest BCUT2D eigenvalue weighted by Crippen LogP contribution is -2.50. The highest BCUT2D eigenvalue weighted by molar-refractivity contribution is 5.82. The molecule has 2 unspecified atom stereocenters. The van der Waals surface area contributed by atoms with Crippen molar-refractivity contribution in [3.8, 4) is 0 Å². The van der Waals surface area contributed by atoms with E-state index in [0.29, 0.717) is 13.0 Å². The van der Waals surface area contributed by atoms with Gasteiger partial charge in [0.05, 0.1) is 5.41 Å². The molecule has 5 heteroatoms. The number of carbonyl (C=O) groups is 2. The summed E-state index contributed by atoms with van der Waals surface area (Å²) < 4.78 is 0. The molecule has 17 heavy (non-hydrogen) atoms. The second-order valence-electron chi connectivity index (χ2n) is 5.15. The zero-order chi connectivity index (χ0) is 12.9. The van der Waals surface area contributed by atoms with E-state index in [1.807, 2.05) is 13.8 Å². The van der Waals surface area contributed by atoms with Crippen LogP contribution < -0.4 is 10.6 Å². The Morgan fingerprint density at radius 2 is 2.24 bits per heavy atom. The summed E-state index contributed by atoms with van der Waals surface area (Å²) >= 11 is 0. The van der Waals surface area contributed by atoms with Crippen LogP contribution >= 0.6 is 0 Å². The molecule has 0 aromatic heterocycles. The van der Waals surface area contributed by atoms with Crippen molar-refractivity contribution in [2.24, 2.45) is 5.41 Å². The summed E-state index contributed by atoms with van der Waals surface area (Å²) in [4.78, 5) is 22.5. The molecule has 0 aliphatic carbocycles. The number of nitrogens with one attached hydrogen (secondary N) is 2. The van der Waals surface area contributed by atoms with Crippen LogP contribution in [-0.4, -0.2) is 36.1 Å². The van der Waals surface area contributed by atoms with Gasteiger partial charge in [-0.3, -0.25) is 9.59 Å². The van der Waals surface area contributed by atoms with Crippen LogP contribution in [0.3, 0.4) is 0 Å². The third-order valence-corrected chi connectivity index (χ3v) is 3.31. The van der Waals surface area contributed by atoms with Crippen molar-refractivity contribution in [1.82, 2.24) is 10.6 Å². The third kappa shape index (κ3) is 4.34. The molecule has 0 bridgehead atoms. The summed E-state index contributed by atoms with van der Waals surface area (Å²) in [5.41, 5.74) is -0.351. The second-order valence-corrected chi connectivity index (χ2v) is 5.15. The Labute approximate surface area is 102 Å². The fourth-order valence-electron chi connectivity index (χ4n) is 2.06. The number of amides is 1. The first-order valence-corrected chi connectivity index (χ1v) is 6.17. The van der Waals surface area contributed by atoms with Gasteiger partial charge in [0.1, 0.15) is 0 Å². The Hall–Kier alpha value is -1.10. The van der Waals surface area contributed by atoms with Crippen LogP contribution in [0.4, 0.5) is 0 Å². The van der Waals surface area contributed by atoms with Crippen LogP contribution in [0.1, 0.15) is 39.5 Å². The Morgan fingerprint density at radius 1 is 1.53 bits per heavy atom. The molecule has 3 N–H and O–H groups in total. The van der Waals surface area contributed by atoms with Gasteiger partial charge in [-0.25, -0.2) is 0 Å². The summed E-state index contributed by atoms with van der Waals surface area (Å²) in [6, 6.07) is -0.0858. The van der Waals surface area contributed by atoms with E-state index >= 15 is 0 Å². The van der Waals surface area contributed by atoms with E-state index in [0.717, 1.165) is 19.4 Å². The predicted molar refractivity (Wildman–Crippen MR) is 64.7 cm³/mol. The lowest BCUT2D eigenvalue weighted by molar-refractivity contribution is -0.138. The highest BCUT2D eigenvalue weighted by Crippen LogP contribution is 2.25. The molecular weight excluding hydrogens is 220 g/mol. The maximum atomic E-state index is 12.1. The molecule has 1 saturated heterocycles. The molecule has 2 atom stereocenters. The Bertz CT molecular complexity index is 285. The molecule has 1 fully saturated rings. The number of carbonyl (C=O) groups excluding carboxylic acids is 1. The number of piperidine rings is 1. The zero-order valence-corrected chi connectivity index (χ0v) is 10.6. The lowest BCUT2D eigenvalue weighted by atomic mass is 9.81. The van der Waals surface area contributed by atoms with E-state index in [9.17, 15) is 9.59 Å². The Kier molecular flexibility index (Phi) is 4.93. The highest BCUT2D eigenvalue weighted by Gasteiger charge is 2.34. The SMILES string of the molecule is CC(CCC(=O)O)NC(=O)C1(C)CCCNC1. The van der Waals surface area contributed by atoms with Crippen LogP contribution in [0.5, 0.6) is 0 Å². The minimum absolute atomic E-state index is 0.0302. The highest BCUT2D eigenvalue weighted by atomic mass is 16.4. The molecule has 1 aliphatic rings. The van der Waals surface area contributed by atoms with Gasteiger partial charge >= 0.3 is 5.97 Å². The second kappa shape index (κ2) is 6.00. The molecule has 0 spiro atoms. The van der Waals surface area contributed by atoms with Crippen molar-refractivity contribution in [2.45, 2.75) is 45.6 Å². The fraction of sp³-hybridized carbons (Fsp3) is 0.833. The monoisotopic (exact) mass is 242 g/mol. The first kappa shape index (κ1) is 14.0. The predicted octanol–water partition coefficient (Wildman–Crippen LogP) is 0.746. The molecular formula is C12H22N2O3. The molecule has 0 aromatic carbocycles. The van der Waals surface area contributed by atoms with Gasteiger partial charge in [0.25, 0.3) is 0 Å². The van der Waals surface area contributed by atoms with Gasteiger partial charge in [0, 0.05) is 19.0 Å². The summed E-state index contributed by atoms with van der Waals surface area (Å²) in [6.07, 6.45) is 2.46. The van der Waals surface area contributed by atoms with Gasteiger partial charge < -0.3 is 15.7 Å². The minimum atomic E-state index is -0.823. The lowest BCUT2D eigenvalue weighted by Gasteiger charge is -2.33. The smallest absolute Gasteiger partial charge is 0.303 e. The number of hydrogen-bond donors (Lipinski definition) is 3. The van der Waals surface area contributed by atoms with Gasteiger partial charge in [-0.2, -0.15) is 0 Å². The van der Waals surface area contributed by atoms with Gasteiger partial charge in [-0.15, -0.1) is 0 Å². The maximum Gasteiger partial charge on any atom is 0.303 e. The van der Waals surface area contributed by atoms with Gasteiger partial charge in [0.15, 0.2) is 0 Å². The van der Waals surface area contributed by atoms with Crippen molar-refractivity contribution in [3.05, 3.63) is 0 Å². The van der Waals surface area contributed by atoms with Gasteiger partial charge in [-0.1, -0.05) is 0 Å². The molecule has 0 saturated carbocycles. The summed E-state index contributed by atoms with van der Waals surface area (Å²) in [6.45, 7) is 5.47. The number of rotatable bonds is 5. The Morgan fingerprint density at radius 3 is 2.76 bits per heavy atom. The average Bonchev–Trinajstić information content (AvgIpc) is 2.27. The van der Waals surface area contributed by atoms with Crippen molar-refractivity contribution < 1.29 is 14.7 Å². The first-order chi connectivity index (χ1) is 7.94. The van der Waals surface area contributed by atoms with Crippen LogP contribution in [0, 0.1) is 5.41 Å². The normalized spacial score (nSPS) is 26.2. The standard InChI is InChI=1S/C12H22N2O3/c1-9(4-5-10(15)16)14-11(17)12(2)6-3-7-13-8-12/h9,13H,3-8H2,1-2H3,(H,14,17)(H,15,16). The molecule has 1 amide bonds. The first-order valence-electron chi connectivity index (χ1n) is 6.17. The topological polar surface area (TPSA) is 78.4 Å². The summed E-state index contributed by atoms with van der Waals surface area (Å²) in [5.74, 6) is -0.792. The molecule has 1 heterocycles. The van der Waals surface area contributed by atoms with Crippen molar-refractivity contribution in [2.75, 3.05) is 13.1 Å². The number of aliphatic carboxylic acids is 1. The number of carboxylic acid groups (broad SMARTS) is 1. The van der Waals surface area contributed by atoms with Gasteiger partial charge in [0.2, 0.25) is 5.91 Å². The van der Waals surface area contributed by atoms with Crippen LogP contribution in [-0.2, 0) is 9.59 Å². The van der Waals surface area contributed by atoms with Crippen LogP contribution in [0.15, 0.2) is 0 Å². The average molecular weight is 242 g/mol. The van der Waals surface area contributed by atoms with Crippen LogP contribution in [0.25, 0.3) is 0 Å². The third-order valence-electron chi connectivity index (χ3n) is 3.31. The quantitative estimate of drug-likeness (QED) is 0.664. The molecule has 1 aliphatic heterocycles. The maximum absolute atomic E-state index is 12.1. The van der Waals surface area contributed by atoms with Crippen molar-refractivity contribution >= 4 is 11.9 Å². The molecule has 5 nitrogen and oxygen atoms in total. The molecule has 0 aromatic rings. The Balaban J connectivity index is 2.39. The molecule has 1 rings (SSSR count). The molecule has 98 valence electrons. The van der Waals surface area contributed by atoms with Gasteiger partial charge in [-0.05, 0) is 39.7 Å². The number of carboxylic acids is 1. The summed E-state index contributed by atoms with van der Waals surface area (Å²) in [7, 11) is 0.